The quantitative estimate of drug-likeness (QED) is 0.752. The van der Waals surface area contributed by atoms with Crippen LogP contribution in [0.3, 0.4) is 0 Å². The first-order valence-electron chi connectivity index (χ1n) is 8.43. The van der Waals surface area contributed by atoms with Crippen molar-refractivity contribution >= 4 is 17.8 Å². The number of nitrogens with one attached hydrogen (secondary N) is 2. The van der Waals surface area contributed by atoms with E-state index in [0.717, 1.165) is 23.3 Å². The molecule has 0 aromatic heterocycles. The number of hydrogen-bond acceptors (Lipinski definition) is 3. The van der Waals surface area contributed by atoms with E-state index in [9.17, 15) is 14.4 Å². The van der Waals surface area contributed by atoms with Crippen LogP contribution in [0.15, 0.2) is 30.3 Å². The summed E-state index contributed by atoms with van der Waals surface area (Å²) in [5.74, 6) is -0.695. The van der Waals surface area contributed by atoms with Gasteiger partial charge in [0.25, 0.3) is 5.91 Å². The minimum absolute atomic E-state index is 0.0216. The van der Waals surface area contributed by atoms with Gasteiger partial charge in [0.2, 0.25) is 5.91 Å². The molecule has 1 aromatic rings. The molecule has 1 aliphatic rings. The summed E-state index contributed by atoms with van der Waals surface area (Å²) in [7, 11) is 0. The first-order chi connectivity index (χ1) is 11.4. The number of urea groups is 1. The summed E-state index contributed by atoms with van der Waals surface area (Å²) in [6, 6.07) is 8.64. The van der Waals surface area contributed by atoms with Gasteiger partial charge in [-0.3, -0.25) is 14.5 Å². The van der Waals surface area contributed by atoms with Gasteiger partial charge in [0.15, 0.2) is 0 Å². The second-order valence-corrected chi connectivity index (χ2v) is 6.20. The lowest BCUT2D eigenvalue weighted by molar-refractivity contribution is -0.135. The fourth-order valence-electron chi connectivity index (χ4n) is 3.10. The highest BCUT2D eigenvalue weighted by Crippen LogP contribution is 2.32. The Morgan fingerprint density at radius 2 is 1.92 bits per heavy atom. The van der Waals surface area contributed by atoms with Crippen LogP contribution in [0, 0.1) is 0 Å². The van der Waals surface area contributed by atoms with Gasteiger partial charge in [-0.25, -0.2) is 4.79 Å². The summed E-state index contributed by atoms with van der Waals surface area (Å²) < 4.78 is 0. The molecular formula is C18H25N3O3. The minimum atomic E-state index is -1.09. The molecule has 6 nitrogen and oxygen atoms in total. The Hall–Kier alpha value is -2.37. The number of rotatable bonds is 7. The molecule has 6 heteroatoms. The van der Waals surface area contributed by atoms with Crippen LogP contribution in [0.2, 0.25) is 0 Å². The molecule has 1 aliphatic heterocycles. The molecule has 1 aromatic carbocycles. The molecule has 2 rings (SSSR count). The van der Waals surface area contributed by atoms with Crippen LogP contribution >= 0.6 is 0 Å². The topological polar surface area (TPSA) is 78.5 Å². The minimum Gasteiger partial charge on any atom is -0.352 e. The van der Waals surface area contributed by atoms with Crippen LogP contribution in [0.5, 0.6) is 0 Å². The summed E-state index contributed by atoms with van der Waals surface area (Å²) in [6.07, 6.45) is 2.23. The van der Waals surface area contributed by atoms with Crippen LogP contribution in [-0.2, 0) is 15.1 Å². The summed E-state index contributed by atoms with van der Waals surface area (Å²) in [5.41, 5.74) is -0.360. The number of hydrogen-bond donors (Lipinski definition) is 2. The molecular weight excluding hydrogens is 306 g/mol. The Morgan fingerprint density at radius 3 is 2.50 bits per heavy atom. The van der Waals surface area contributed by atoms with E-state index in [4.69, 9.17) is 0 Å². The van der Waals surface area contributed by atoms with Gasteiger partial charge in [0, 0.05) is 6.04 Å². The molecule has 1 fully saturated rings. The maximum absolute atomic E-state index is 12.9. The van der Waals surface area contributed by atoms with E-state index in [1.165, 1.54) is 0 Å². The van der Waals surface area contributed by atoms with Gasteiger partial charge in [-0.1, -0.05) is 50.6 Å². The molecule has 2 N–H and O–H groups in total. The van der Waals surface area contributed by atoms with E-state index >= 15 is 0 Å². The van der Waals surface area contributed by atoms with Crippen molar-refractivity contribution in [2.75, 3.05) is 6.54 Å². The predicted molar refractivity (Wildman–Crippen MR) is 91.2 cm³/mol. The largest absolute Gasteiger partial charge is 0.352 e. The number of imide groups is 1. The lowest BCUT2D eigenvalue weighted by Crippen LogP contribution is -2.45. The molecule has 0 bridgehead atoms. The first-order valence-corrected chi connectivity index (χ1v) is 8.43. The Kier molecular flexibility index (Phi) is 5.59. The summed E-state index contributed by atoms with van der Waals surface area (Å²) >= 11 is 0. The molecule has 0 saturated carbocycles. The summed E-state index contributed by atoms with van der Waals surface area (Å²) in [6.45, 7) is 5.54. The van der Waals surface area contributed by atoms with Gasteiger partial charge >= 0.3 is 6.03 Å². The molecule has 1 saturated heterocycles. The lowest BCUT2D eigenvalue weighted by Gasteiger charge is -2.25. The third-order valence-electron chi connectivity index (χ3n) is 4.40. The zero-order chi connectivity index (χ0) is 17.7. The van der Waals surface area contributed by atoms with Crippen LogP contribution in [0.1, 0.15) is 45.6 Å². The van der Waals surface area contributed by atoms with Gasteiger partial charge in [-0.05, 0) is 25.3 Å². The van der Waals surface area contributed by atoms with Crippen molar-refractivity contribution in [1.29, 1.82) is 0 Å². The van der Waals surface area contributed by atoms with Crippen LogP contribution < -0.4 is 10.6 Å². The van der Waals surface area contributed by atoms with Crippen molar-refractivity contribution in [1.82, 2.24) is 15.5 Å². The Bertz CT molecular complexity index is 617. The molecule has 130 valence electrons. The number of nitrogens with zero attached hydrogens (tertiary/aromatic N) is 1. The molecule has 24 heavy (non-hydrogen) atoms. The fraction of sp³-hybridized carbons (Fsp3) is 0.500. The maximum atomic E-state index is 12.9. The van der Waals surface area contributed by atoms with Crippen molar-refractivity contribution in [3.05, 3.63) is 35.9 Å². The first kappa shape index (κ1) is 18.0. The predicted octanol–water partition coefficient (Wildman–Crippen LogP) is 2.15. The second-order valence-electron chi connectivity index (χ2n) is 6.20. The van der Waals surface area contributed by atoms with Crippen molar-refractivity contribution in [2.45, 2.75) is 51.6 Å². The van der Waals surface area contributed by atoms with E-state index in [-0.39, 0.29) is 24.4 Å². The third-order valence-corrected chi connectivity index (χ3v) is 4.40. The van der Waals surface area contributed by atoms with Crippen molar-refractivity contribution in [3.63, 3.8) is 0 Å². The molecule has 0 spiro atoms. The van der Waals surface area contributed by atoms with Crippen molar-refractivity contribution in [3.8, 4) is 0 Å². The maximum Gasteiger partial charge on any atom is 0.325 e. The van der Waals surface area contributed by atoms with Crippen LogP contribution in [0.4, 0.5) is 4.79 Å². The Balaban J connectivity index is 2.15. The number of benzene rings is 1. The highest BCUT2D eigenvalue weighted by molar-refractivity contribution is 6.09. The van der Waals surface area contributed by atoms with Gasteiger partial charge in [-0.15, -0.1) is 0 Å². The molecule has 0 radical (unpaired) electrons. The average molecular weight is 331 g/mol. The van der Waals surface area contributed by atoms with Gasteiger partial charge in [-0.2, -0.15) is 0 Å². The van der Waals surface area contributed by atoms with E-state index in [2.05, 4.69) is 10.6 Å². The van der Waals surface area contributed by atoms with Gasteiger partial charge < -0.3 is 10.6 Å². The van der Waals surface area contributed by atoms with Crippen molar-refractivity contribution in [2.24, 2.45) is 0 Å². The zero-order valence-corrected chi connectivity index (χ0v) is 14.5. The molecule has 4 amide bonds. The van der Waals surface area contributed by atoms with Crippen molar-refractivity contribution < 1.29 is 14.4 Å². The average Bonchev–Trinajstić information content (AvgIpc) is 2.81. The summed E-state index contributed by atoms with van der Waals surface area (Å²) in [5, 5.41) is 5.60. The van der Waals surface area contributed by atoms with E-state index < -0.39 is 11.6 Å². The smallest absolute Gasteiger partial charge is 0.325 e. The number of carbonyl (C=O) groups excluding carboxylic acids is 3. The van der Waals surface area contributed by atoms with Crippen LogP contribution in [0.25, 0.3) is 0 Å². The standard InChI is InChI=1S/C18H25N3O3/c1-4-9-13(3)19-15(22)12-21-16(23)18(5-2,20-17(21)24)14-10-7-6-8-11-14/h6-8,10-11,13H,4-5,9,12H2,1-3H3,(H,19,22)(H,20,24)/t13-,18+/m1/s1. The second kappa shape index (κ2) is 7.47. The number of amides is 4. The molecule has 1 heterocycles. The Morgan fingerprint density at radius 1 is 1.25 bits per heavy atom. The normalized spacial score (nSPS) is 21.5. The lowest BCUT2D eigenvalue weighted by atomic mass is 9.87. The van der Waals surface area contributed by atoms with Crippen LogP contribution in [-0.4, -0.2) is 35.3 Å². The van der Waals surface area contributed by atoms with E-state index in [1.807, 2.05) is 51.1 Å². The van der Waals surface area contributed by atoms with Gasteiger partial charge in [0.05, 0.1) is 0 Å². The monoisotopic (exact) mass is 331 g/mol. The number of carbonyl (C=O) groups is 3. The molecule has 0 unspecified atom stereocenters. The third kappa shape index (κ3) is 3.42. The highest BCUT2D eigenvalue weighted by atomic mass is 16.2. The summed E-state index contributed by atoms with van der Waals surface area (Å²) in [4.78, 5) is 38.3. The highest BCUT2D eigenvalue weighted by Gasteiger charge is 2.51. The molecule has 0 aliphatic carbocycles. The zero-order valence-electron chi connectivity index (χ0n) is 14.5. The Labute approximate surface area is 142 Å². The van der Waals surface area contributed by atoms with Gasteiger partial charge in [0.1, 0.15) is 12.1 Å². The SMILES string of the molecule is CCC[C@@H](C)NC(=O)CN1C(=O)N[C@@](CC)(c2ccccc2)C1=O. The fourth-order valence-corrected chi connectivity index (χ4v) is 3.10. The van der Waals surface area contributed by atoms with E-state index in [0.29, 0.717) is 6.42 Å². The molecule has 2 atom stereocenters. The van der Waals surface area contributed by atoms with E-state index in [1.54, 1.807) is 0 Å².